The standard InChI is InChI=1S/C20H23FO2.C18H26F3N3O2.CH3.Cs/c1-5-23-18(22)10-9-16-12-17(11-15(4)20(16)21)19-13(2)7-6-8-14(19)3;1-11(2)6-15(17(22)26)24-10-13(4-5-23-8-12(3)9-23)14(7-16(24)25)18(19,20)21;;/h6-8,11-12H,5,9-10H2,1-4H3;7,10-12,15H,4-6,8-9H2,1-3H3,(H2,22,26);1H3;/q;;-1;+1. The molecule has 4 rings (SSSR count). The van der Waals surface area contributed by atoms with Crippen molar-refractivity contribution in [2.45, 2.75) is 86.4 Å². The van der Waals surface area contributed by atoms with Crippen molar-refractivity contribution in [1.82, 2.24) is 9.47 Å². The Morgan fingerprint density at radius 3 is 2.12 bits per heavy atom. The molecule has 2 heterocycles. The van der Waals surface area contributed by atoms with Crippen LogP contribution in [0.2, 0.25) is 0 Å². The zero-order valence-electron chi connectivity index (χ0n) is 31.5. The fourth-order valence-corrected chi connectivity index (χ4v) is 6.31. The maximum atomic E-state index is 14.4. The third kappa shape index (κ3) is 13.5. The number of likely N-dealkylation sites (tertiary alicyclic amines) is 1. The van der Waals surface area contributed by atoms with E-state index in [2.05, 4.69) is 37.8 Å². The maximum absolute atomic E-state index is 14.4. The number of benzene rings is 2. The van der Waals surface area contributed by atoms with Gasteiger partial charge >= 0.3 is 81.0 Å². The number of alkyl halides is 3. The summed E-state index contributed by atoms with van der Waals surface area (Å²) in [7, 11) is 0. The van der Waals surface area contributed by atoms with E-state index in [4.69, 9.17) is 10.5 Å². The summed E-state index contributed by atoms with van der Waals surface area (Å²) in [5, 5.41) is 0. The fraction of sp³-hybridized carbons (Fsp3) is 0.487. The maximum Gasteiger partial charge on any atom is 1.00 e. The Bertz CT molecular complexity index is 1660. The van der Waals surface area contributed by atoms with Crippen LogP contribution in [0.5, 0.6) is 0 Å². The minimum Gasteiger partial charge on any atom is -0.466 e. The van der Waals surface area contributed by atoms with E-state index < -0.39 is 29.2 Å². The molecule has 1 aliphatic rings. The Morgan fingerprint density at radius 2 is 1.61 bits per heavy atom. The summed E-state index contributed by atoms with van der Waals surface area (Å²) in [5.41, 5.74) is 9.25. The van der Waals surface area contributed by atoms with Gasteiger partial charge in [0.1, 0.15) is 11.9 Å². The predicted octanol–water partition coefficient (Wildman–Crippen LogP) is 4.80. The van der Waals surface area contributed by atoms with Crippen LogP contribution in [0.3, 0.4) is 0 Å². The molecule has 1 fully saturated rings. The number of primary amides is 1. The van der Waals surface area contributed by atoms with E-state index in [-0.39, 0.29) is 112 Å². The molecular formula is C39H52CsF4N3O4. The van der Waals surface area contributed by atoms with E-state index in [1.54, 1.807) is 13.8 Å². The molecule has 3 aromatic rings. The van der Waals surface area contributed by atoms with Crippen LogP contribution in [0.25, 0.3) is 11.1 Å². The monoisotopic (exact) mass is 835 g/mol. The molecule has 7 nitrogen and oxygen atoms in total. The van der Waals surface area contributed by atoms with Gasteiger partial charge in [-0.1, -0.05) is 39.0 Å². The molecule has 2 aromatic carbocycles. The molecule has 1 amide bonds. The van der Waals surface area contributed by atoms with Gasteiger partial charge in [0.25, 0.3) is 5.56 Å². The molecule has 0 saturated carbocycles. The SMILES string of the molecule is CC(C)CC(C(N)=O)n1cc(CCN2CC(C)C2)c(C(F)(F)F)cc1=O.CCOC(=O)CCc1cc(-c2c(C)cccc2C)cc(C)c1F.[CH3-].[Cs+]. The first-order valence-electron chi connectivity index (χ1n) is 16.8. The van der Waals surface area contributed by atoms with Crippen LogP contribution in [-0.4, -0.2) is 47.6 Å². The van der Waals surface area contributed by atoms with E-state index >= 15 is 0 Å². The number of esters is 1. The third-order valence-electron chi connectivity index (χ3n) is 8.67. The molecule has 1 aliphatic heterocycles. The molecule has 12 heteroatoms. The van der Waals surface area contributed by atoms with Gasteiger partial charge in [-0.25, -0.2) is 4.39 Å². The molecule has 0 aliphatic carbocycles. The average molecular weight is 836 g/mol. The van der Waals surface area contributed by atoms with Crippen molar-refractivity contribution < 1.29 is 101 Å². The molecule has 1 aromatic heterocycles. The van der Waals surface area contributed by atoms with Gasteiger partial charge in [-0.2, -0.15) is 13.2 Å². The number of nitrogens with zero attached hydrogens (tertiary/aromatic N) is 2. The molecule has 0 bridgehead atoms. The number of ether oxygens (including phenoxy) is 1. The molecule has 1 atom stereocenters. The average Bonchev–Trinajstić information content (AvgIpc) is 2.98. The normalized spacial score (nSPS) is 13.6. The minimum absolute atomic E-state index is 0. The summed E-state index contributed by atoms with van der Waals surface area (Å²) < 4.78 is 60.4. The molecule has 0 radical (unpaired) electrons. The predicted molar refractivity (Wildman–Crippen MR) is 190 cm³/mol. The van der Waals surface area contributed by atoms with E-state index in [1.165, 1.54) is 6.20 Å². The zero-order valence-corrected chi connectivity index (χ0v) is 37.8. The van der Waals surface area contributed by atoms with Crippen LogP contribution in [-0.2, 0) is 33.3 Å². The second-order valence-electron chi connectivity index (χ2n) is 13.5. The van der Waals surface area contributed by atoms with Crippen molar-refractivity contribution in [3.8, 4) is 11.1 Å². The zero-order chi connectivity index (χ0) is 36.6. The number of rotatable bonds is 12. The number of aryl methyl sites for hydroxylation is 4. The molecule has 2 N–H and O–H groups in total. The number of carbonyl (C=O) groups excluding carboxylic acids is 2. The van der Waals surface area contributed by atoms with E-state index in [1.807, 2.05) is 32.0 Å². The van der Waals surface area contributed by atoms with Gasteiger partial charge in [0.2, 0.25) is 5.91 Å². The van der Waals surface area contributed by atoms with Gasteiger partial charge in [-0.3, -0.25) is 14.4 Å². The second-order valence-corrected chi connectivity index (χ2v) is 13.5. The first-order valence-corrected chi connectivity index (χ1v) is 16.8. The molecule has 51 heavy (non-hydrogen) atoms. The second kappa shape index (κ2) is 21.1. The first kappa shape index (κ1) is 47.1. The molecule has 0 spiro atoms. The first-order chi connectivity index (χ1) is 22.9. The Morgan fingerprint density at radius 1 is 1.00 bits per heavy atom. The summed E-state index contributed by atoms with van der Waals surface area (Å²) in [6.07, 6.45) is -2.44. The smallest absolute Gasteiger partial charge is 0.466 e. The van der Waals surface area contributed by atoms with Crippen LogP contribution in [0.4, 0.5) is 17.6 Å². The number of hydrogen-bond acceptors (Lipinski definition) is 5. The van der Waals surface area contributed by atoms with Crippen LogP contribution in [0.15, 0.2) is 47.4 Å². The van der Waals surface area contributed by atoms with E-state index in [9.17, 15) is 31.9 Å². The van der Waals surface area contributed by atoms with Gasteiger partial charge in [0.15, 0.2) is 0 Å². The van der Waals surface area contributed by atoms with Gasteiger partial charge in [-0.05, 0) is 110 Å². The van der Waals surface area contributed by atoms with Crippen LogP contribution in [0.1, 0.15) is 80.0 Å². The minimum atomic E-state index is -4.61. The van der Waals surface area contributed by atoms with Gasteiger partial charge in [-0.15, -0.1) is 0 Å². The van der Waals surface area contributed by atoms with Crippen molar-refractivity contribution >= 4 is 11.9 Å². The molecule has 276 valence electrons. The topological polar surface area (TPSA) is 94.6 Å². The fourth-order valence-electron chi connectivity index (χ4n) is 6.31. The van der Waals surface area contributed by atoms with E-state index in [0.717, 1.165) is 39.9 Å². The molecular weight excluding hydrogens is 783 g/mol. The number of halogens is 4. The number of nitrogens with two attached hydrogens (primary N) is 1. The summed E-state index contributed by atoms with van der Waals surface area (Å²) >= 11 is 0. The number of pyridine rings is 1. The summed E-state index contributed by atoms with van der Waals surface area (Å²) in [5.74, 6) is -0.626. The Hall–Kier alpha value is -1.94. The van der Waals surface area contributed by atoms with Crippen molar-refractivity contribution in [3.05, 3.63) is 99.6 Å². The number of hydrogen-bond donors (Lipinski definition) is 1. The van der Waals surface area contributed by atoms with E-state index in [0.29, 0.717) is 49.1 Å². The van der Waals surface area contributed by atoms with Crippen molar-refractivity contribution in [2.24, 2.45) is 17.6 Å². The largest absolute Gasteiger partial charge is 1.00 e. The van der Waals surface area contributed by atoms with Crippen LogP contribution < -0.4 is 80.2 Å². The summed E-state index contributed by atoms with van der Waals surface area (Å²) in [6, 6.07) is 9.50. The van der Waals surface area contributed by atoms with Crippen molar-refractivity contribution in [3.63, 3.8) is 0 Å². The quantitative estimate of drug-likeness (QED) is 0.161. The Balaban J connectivity index is 0.000000494. The third-order valence-corrected chi connectivity index (χ3v) is 8.67. The van der Waals surface area contributed by atoms with Gasteiger partial charge in [0, 0.05) is 38.3 Å². The Kier molecular flexibility index (Phi) is 19.5. The van der Waals surface area contributed by atoms with Crippen LogP contribution in [0, 0.1) is 45.9 Å². The van der Waals surface area contributed by atoms with Gasteiger partial charge in [0.05, 0.1) is 12.2 Å². The van der Waals surface area contributed by atoms with Gasteiger partial charge < -0.3 is 27.4 Å². The molecule has 1 saturated heterocycles. The summed E-state index contributed by atoms with van der Waals surface area (Å²) in [4.78, 5) is 37.6. The summed E-state index contributed by atoms with van der Waals surface area (Å²) in [6.45, 7) is 16.0. The number of carbonyl (C=O) groups is 2. The number of amides is 1. The molecule has 1 unspecified atom stereocenters. The Labute approximate surface area is 359 Å². The van der Waals surface area contributed by atoms with Crippen LogP contribution >= 0.6 is 0 Å². The van der Waals surface area contributed by atoms with Crippen molar-refractivity contribution in [2.75, 3.05) is 26.2 Å². The number of aromatic nitrogens is 1. The van der Waals surface area contributed by atoms with Crippen molar-refractivity contribution in [1.29, 1.82) is 0 Å².